The Morgan fingerprint density at radius 3 is 2.55 bits per heavy atom. The molecule has 1 aromatic rings. The quantitative estimate of drug-likeness (QED) is 0.793. The van der Waals surface area contributed by atoms with E-state index < -0.39 is 5.97 Å². The highest BCUT2D eigenvalue weighted by Gasteiger charge is 2.14. The highest BCUT2D eigenvalue weighted by atomic mass is 32.1. The Hall–Kier alpha value is -1.63. The van der Waals surface area contributed by atoms with Crippen LogP contribution < -0.4 is 10.2 Å². The Morgan fingerprint density at radius 1 is 1.40 bits per heavy atom. The summed E-state index contributed by atoms with van der Waals surface area (Å²) in [6, 6.07) is 0.0166. The number of carbonyl (C=O) groups excluding carboxylic acids is 2. The molecule has 1 aromatic heterocycles. The minimum Gasteiger partial charge on any atom is -0.454 e. The molecule has 0 aliphatic rings. The third kappa shape index (κ3) is 4.80. The molecule has 1 N–H and O–H groups in total. The Bertz CT molecular complexity index is 533. The molecule has 1 rings (SSSR count). The number of ether oxygens (including phenoxy) is 1. The van der Waals surface area contributed by atoms with Gasteiger partial charge in [-0.05, 0) is 19.8 Å². The first-order chi connectivity index (χ1) is 9.31. The lowest BCUT2D eigenvalue weighted by molar-refractivity contribution is -0.149. The van der Waals surface area contributed by atoms with Gasteiger partial charge in [0.05, 0.1) is 0 Å². The van der Waals surface area contributed by atoms with Gasteiger partial charge < -0.3 is 10.1 Å². The van der Waals surface area contributed by atoms with Crippen LogP contribution >= 0.6 is 11.3 Å². The molecule has 1 heterocycles. The van der Waals surface area contributed by atoms with Crippen LogP contribution in [0, 0.1) is 12.8 Å². The van der Waals surface area contributed by atoms with Gasteiger partial charge in [-0.2, -0.15) is 0 Å². The molecule has 6 nitrogen and oxygen atoms in total. The van der Waals surface area contributed by atoms with Crippen LogP contribution in [0.15, 0.2) is 10.2 Å². The first kappa shape index (κ1) is 16.4. The zero-order valence-corrected chi connectivity index (χ0v) is 13.0. The van der Waals surface area contributed by atoms with Crippen molar-refractivity contribution in [3.8, 4) is 0 Å². The minimum absolute atomic E-state index is 0.0166. The van der Waals surface area contributed by atoms with Gasteiger partial charge in [-0.15, -0.1) is 0 Å². The Labute approximate surface area is 121 Å². The van der Waals surface area contributed by atoms with E-state index in [1.54, 1.807) is 12.3 Å². The molecule has 0 saturated heterocycles. The standard InChI is InChI=1S/C13H20N2O4S/c1-8(2)10(4)14-11(16)6-19-12(17)5-15-9(3)7-20-13(15)18/h7-8,10H,5-6H2,1-4H3,(H,14,16). The number of aromatic nitrogens is 1. The van der Waals surface area contributed by atoms with Gasteiger partial charge in [-0.3, -0.25) is 19.0 Å². The van der Waals surface area contributed by atoms with Crippen molar-refractivity contribution >= 4 is 23.2 Å². The average Bonchev–Trinajstić information content (AvgIpc) is 2.68. The highest BCUT2D eigenvalue weighted by Crippen LogP contribution is 2.01. The SMILES string of the molecule is Cc1csc(=O)n1CC(=O)OCC(=O)NC(C)C(C)C. The predicted octanol–water partition coefficient (Wildman–Crippen LogP) is 0.922. The molecule has 0 aliphatic heterocycles. The van der Waals surface area contributed by atoms with Gasteiger partial charge in [0, 0.05) is 17.1 Å². The van der Waals surface area contributed by atoms with Gasteiger partial charge in [0.1, 0.15) is 6.54 Å². The van der Waals surface area contributed by atoms with Crippen molar-refractivity contribution in [1.82, 2.24) is 9.88 Å². The lowest BCUT2D eigenvalue weighted by Crippen LogP contribution is -2.39. The third-order valence-electron chi connectivity index (χ3n) is 3.02. The van der Waals surface area contributed by atoms with E-state index in [0.29, 0.717) is 11.6 Å². The van der Waals surface area contributed by atoms with E-state index in [4.69, 9.17) is 4.74 Å². The maximum Gasteiger partial charge on any atom is 0.326 e. The van der Waals surface area contributed by atoms with Crippen LogP contribution in [0.4, 0.5) is 0 Å². The summed E-state index contributed by atoms with van der Waals surface area (Å²) in [6.07, 6.45) is 0. The molecule has 0 bridgehead atoms. The van der Waals surface area contributed by atoms with Gasteiger partial charge >= 0.3 is 10.8 Å². The summed E-state index contributed by atoms with van der Waals surface area (Å²) in [4.78, 5) is 34.3. The Morgan fingerprint density at radius 2 is 2.05 bits per heavy atom. The molecule has 0 aliphatic carbocycles. The van der Waals surface area contributed by atoms with Crippen LogP contribution in [0.5, 0.6) is 0 Å². The summed E-state index contributed by atoms with van der Waals surface area (Å²) in [7, 11) is 0. The van der Waals surface area contributed by atoms with Gasteiger partial charge in [0.2, 0.25) is 0 Å². The molecule has 0 saturated carbocycles. The lowest BCUT2D eigenvalue weighted by atomic mass is 10.1. The Kier molecular flexibility index (Phi) is 5.94. The molecule has 0 aromatic carbocycles. The molecule has 7 heteroatoms. The number of esters is 1. The predicted molar refractivity (Wildman–Crippen MR) is 76.7 cm³/mol. The number of nitrogens with one attached hydrogen (secondary N) is 1. The molecule has 112 valence electrons. The summed E-state index contributed by atoms with van der Waals surface area (Å²) in [5, 5.41) is 4.41. The highest BCUT2D eigenvalue weighted by molar-refractivity contribution is 7.07. The van der Waals surface area contributed by atoms with Gasteiger partial charge in [-0.1, -0.05) is 25.2 Å². The molecule has 0 fully saturated rings. The number of hydrogen-bond acceptors (Lipinski definition) is 5. The molecule has 0 radical (unpaired) electrons. The minimum atomic E-state index is -0.596. The zero-order valence-electron chi connectivity index (χ0n) is 12.1. The van der Waals surface area contributed by atoms with Crippen molar-refractivity contribution < 1.29 is 14.3 Å². The summed E-state index contributed by atoms with van der Waals surface area (Å²) in [5.41, 5.74) is 0.704. The normalized spacial score (nSPS) is 12.2. The summed E-state index contributed by atoms with van der Waals surface area (Å²) in [5.74, 6) is -0.628. The number of amides is 1. The van der Waals surface area contributed by atoms with E-state index in [1.807, 2.05) is 20.8 Å². The number of nitrogens with zero attached hydrogens (tertiary/aromatic N) is 1. The number of aryl methyl sites for hydroxylation is 1. The van der Waals surface area contributed by atoms with Crippen molar-refractivity contribution in [1.29, 1.82) is 0 Å². The van der Waals surface area contributed by atoms with Crippen LogP contribution in [0.2, 0.25) is 0 Å². The van der Waals surface area contributed by atoms with Crippen molar-refractivity contribution in [3.05, 3.63) is 20.7 Å². The van der Waals surface area contributed by atoms with E-state index >= 15 is 0 Å². The first-order valence-electron chi connectivity index (χ1n) is 6.41. The van der Waals surface area contributed by atoms with Crippen LogP contribution in [0.3, 0.4) is 0 Å². The monoisotopic (exact) mass is 300 g/mol. The molecular formula is C13H20N2O4S. The maximum atomic E-state index is 11.6. The fourth-order valence-corrected chi connectivity index (χ4v) is 2.11. The van der Waals surface area contributed by atoms with Gasteiger partial charge in [0.15, 0.2) is 6.61 Å². The average molecular weight is 300 g/mol. The van der Waals surface area contributed by atoms with Crippen molar-refractivity contribution in [2.75, 3.05) is 6.61 Å². The lowest BCUT2D eigenvalue weighted by Gasteiger charge is -2.17. The number of thiazole rings is 1. The summed E-state index contributed by atoms with van der Waals surface area (Å²) in [6.45, 7) is 7.11. The fourth-order valence-electron chi connectivity index (χ4n) is 1.38. The third-order valence-corrected chi connectivity index (χ3v) is 3.90. The smallest absolute Gasteiger partial charge is 0.326 e. The van der Waals surface area contributed by atoms with Crippen molar-refractivity contribution in [2.45, 2.75) is 40.3 Å². The van der Waals surface area contributed by atoms with Crippen LogP contribution in [-0.4, -0.2) is 29.1 Å². The van der Waals surface area contributed by atoms with Gasteiger partial charge in [0.25, 0.3) is 5.91 Å². The molecule has 1 atom stereocenters. The van der Waals surface area contributed by atoms with E-state index in [2.05, 4.69) is 5.32 Å². The fraction of sp³-hybridized carbons (Fsp3) is 0.615. The van der Waals surface area contributed by atoms with Crippen LogP contribution in [-0.2, 0) is 20.9 Å². The first-order valence-corrected chi connectivity index (χ1v) is 7.29. The molecular weight excluding hydrogens is 280 g/mol. The van der Waals surface area contributed by atoms with E-state index in [9.17, 15) is 14.4 Å². The topological polar surface area (TPSA) is 77.4 Å². The second kappa shape index (κ2) is 7.23. The van der Waals surface area contributed by atoms with E-state index in [0.717, 1.165) is 11.3 Å². The van der Waals surface area contributed by atoms with E-state index in [1.165, 1.54) is 4.57 Å². The summed E-state index contributed by atoms with van der Waals surface area (Å²) < 4.78 is 6.18. The summed E-state index contributed by atoms with van der Waals surface area (Å²) >= 11 is 1.03. The van der Waals surface area contributed by atoms with Crippen LogP contribution in [0.25, 0.3) is 0 Å². The molecule has 0 spiro atoms. The molecule has 1 unspecified atom stereocenters. The number of rotatable bonds is 6. The van der Waals surface area contributed by atoms with E-state index in [-0.39, 0.29) is 30.0 Å². The Balaban J connectivity index is 2.41. The molecule has 20 heavy (non-hydrogen) atoms. The van der Waals surface area contributed by atoms with Crippen molar-refractivity contribution in [3.63, 3.8) is 0 Å². The number of carbonyl (C=O) groups is 2. The van der Waals surface area contributed by atoms with Crippen LogP contribution in [0.1, 0.15) is 26.5 Å². The van der Waals surface area contributed by atoms with Gasteiger partial charge in [-0.25, -0.2) is 0 Å². The molecule has 1 amide bonds. The number of hydrogen-bond donors (Lipinski definition) is 1. The second-order valence-electron chi connectivity index (χ2n) is 4.99. The zero-order chi connectivity index (χ0) is 15.3. The van der Waals surface area contributed by atoms with Crippen molar-refractivity contribution in [2.24, 2.45) is 5.92 Å². The second-order valence-corrected chi connectivity index (χ2v) is 5.81. The maximum absolute atomic E-state index is 11.6. The largest absolute Gasteiger partial charge is 0.454 e.